The molecular weight excluding hydrogens is 294 g/mol. The molecule has 2 rings (SSSR count). The fourth-order valence-electron chi connectivity index (χ4n) is 2.34. The van der Waals surface area contributed by atoms with Crippen molar-refractivity contribution in [2.45, 2.75) is 31.7 Å². The summed E-state index contributed by atoms with van der Waals surface area (Å²) in [4.78, 5) is 18.2. The van der Waals surface area contributed by atoms with Crippen LogP contribution in [-0.2, 0) is 0 Å². The molecule has 0 spiro atoms. The lowest BCUT2D eigenvalue weighted by Gasteiger charge is -2.26. The maximum Gasteiger partial charge on any atom is 0.274 e. The predicted octanol–water partition coefficient (Wildman–Crippen LogP) is 2.75. The largest absolute Gasteiger partial charge is 0.321 e. The molecule has 1 aromatic heterocycles. The molecule has 1 aliphatic carbocycles. The zero-order valence-electron chi connectivity index (χ0n) is 9.97. The van der Waals surface area contributed by atoms with Crippen LogP contribution in [0.5, 0.6) is 0 Å². The Hall–Kier alpha value is -1.41. The van der Waals surface area contributed by atoms with Gasteiger partial charge in [-0.15, -0.1) is 0 Å². The van der Waals surface area contributed by atoms with Crippen LogP contribution in [0.3, 0.4) is 0 Å². The summed E-state index contributed by atoms with van der Waals surface area (Å²) in [5, 5.41) is 8.89. The number of aromatic nitrogens is 1. The van der Waals surface area contributed by atoms with E-state index in [0.29, 0.717) is 10.2 Å². The van der Waals surface area contributed by atoms with Crippen molar-refractivity contribution in [1.82, 2.24) is 9.88 Å². The summed E-state index contributed by atoms with van der Waals surface area (Å²) in [6, 6.07) is 5.82. The lowest BCUT2D eigenvalue weighted by molar-refractivity contribution is 0.0702. The lowest BCUT2D eigenvalue weighted by atomic mass is 10.2. The van der Waals surface area contributed by atoms with E-state index in [0.717, 1.165) is 25.7 Å². The third kappa shape index (κ3) is 2.70. The van der Waals surface area contributed by atoms with Gasteiger partial charge in [0.15, 0.2) is 0 Å². The molecule has 94 valence electrons. The van der Waals surface area contributed by atoms with Crippen LogP contribution in [-0.4, -0.2) is 28.4 Å². The quantitative estimate of drug-likeness (QED) is 0.807. The number of carbonyl (C=O) groups is 1. The lowest BCUT2D eigenvalue weighted by Crippen LogP contribution is -2.39. The van der Waals surface area contributed by atoms with Gasteiger partial charge in [0.2, 0.25) is 0 Å². The topological polar surface area (TPSA) is 57.0 Å². The third-order valence-electron chi connectivity index (χ3n) is 3.23. The highest BCUT2D eigenvalue weighted by molar-refractivity contribution is 9.10. The van der Waals surface area contributed by atoms with E-state index in [1.54, 1.807) is 23.2 Å². The van der Waals surface area contributed by atoms with E-state index in [-0.39, 0.29) is 18.5 Å². The smallest absolute Gasteiger partial charge is 0.274 e. The van der Waals surface area contributed by atoms with Crippen LogP contribution in [0.25, 0.3) is 0 Å². The monoisotopic (exact) mass is 307 g/mol. The molecule has 1 heterocycles. The van der Waals surface area contributed by atoms with Crippen LogP contribution >= 0.6 is 15.9 Å². The Labute approximate surface area is 115 Å². The van der Waals surface area contributed by atoms with Crippen molar-refractivity contribution in [1.29, 1.82) is 5.26 Å². The van der Waals surface area contributed by atoms with Crippen molar-refractivity contribution in [2.75, 3.05) is 6.54 Å². The average Bonchev–Trinajstić information content (AvgIpc) is 2.89. The molecule has 0 N–H and O–H groups in total. The third-order valence-corrected chi connectivity index (χ3v) is 3.87. The second-order valence-corrected chi connectivity index (χ2v) is 5.22. The minimum absolute atomic E-state index is 0.131. The minimum Gasteiger partial charge on any atom is -0.321 e. The number of hydrogen-bond acceptors (Lipinski definition) is 3. The van der Waals surface area contributed by atoms with Crippen LogP contribution in [0.2, 0.25) is 0 Å². The second-order valence-electron chi connectivity index (χ2n) is 4.36. The molecule has 5 heteroatoms. The summed E-state index contributed by atoms with van der Waals surface area (Å²) in [7, 11) is 0. The Balaban J connectivity index is 2.23. The van der Waals surface area contributed by atoms with Gasteiger partial charge in [-0.1, -0.05) is 12.8 Å². The number of nitriles is 1. The van der Waals surface area contributed by atoms with Gasteiger partial charge in [-0.25, -0.2) is 4.98 Å². The van der Waals surface area contributed by atoms with Crippen LogP contribution in [0.15, 0.2) is 22.8 Å². The maximum atomic E-state index is 12.4. The first kappa shape index (κ1) is 13.0. The Kier molecular flexibility index (Phi) is 4.32. The number of rotatable bonds is 3. The van der Waals surface area contributed by atoms with Crippen molar-refractivity contribution in [2.24, 2.45) is 0 Å². The first-order chi connectivity index (χ1) is 8.74. The molecule has 18 heavy (non-hydrogen) atoms. The molecule has 4 nitrogen and oxygen atoms in total. The Morgan fingerprint density at radius 3 is 2.89 bits per heavy atom. The molecule has 0 bridgehead atoms. The van der Waals surface area contributed by atoms with Crippen molar-refractivity contribution in [3.63, 3.8) is 0 Å². The standard InChI is InChI=1S/C13H14BrN3O/c14-11-6-3-8-16-12(11)13(18)17(9-7-15)10-4-1-2-5-10/h3,6,8,10H,1-2,4-5,9H2. The maximum absolute atomic E-state index is 12.4. The fourth-order valence-corrected chi connectivity index (χ4v) is 2.76. The molecule has 1 amide bonds. The summed E-state index contributed by atoms with van der Waals surface area (Å²) in [6.45, 7) is 0.131. The number of hydrogen-bond donors (Lipinski definition) is 0. The van der Waals surface area contributed by atoms with E-state index < -0.39 is 0 Å². The zero-order valence-corrected chi connectivity index (χ0v) is 11.6. The Bertz CT molecular complexity index is 477. The molecule has 1 aromatic rings. The van der Waals surface area contributed by atoms with Gasteiger partial charge in [-0.3, -0.25) is 4.79 Å². The summed E-state index contributed by atoms with van der Waals surface area (Å²) >= 11 is 3.33. The molecule has 0 atom stereocenters. The van der Waals surface area contributed by atoms with Gasteiger partial charge < -0.3 is 4.90 Å². The Morgan fingerprint density at radius 1 is 1.56 bits per heavy atom. The van der Waals surface area contributed by atoms with Gasteiger partial charge in [-0.05, 0) is 40.9 Å². The second kappa shape index (κ2) is 5.96. The molecule has 0 aromatic carbocycles. The van der Waals surface area contributed by atoms with Gasteiger partial charge >= 0.3 is 0 Å². The molecule has 1 aliphatic rings. The SMILES string of the molecule is N#CCN(C(=O)c1ncccc1Br)C1CCCC1. The molecule has 0 aliphatic heterocycles. The van der Waals surface area contributed by atoms with Crippen LogP contribution in [0.1, 0.15) is 36.2 Å². The highest BCUT2D eigenvalue weighted by atomic mass is 79.9. The van der Waals surface area contributed by atoms with Crippen molar-refractivity contribution < 1.29 is 4.79 Å². The first-order valence-electron chi connectivity index (χ1n) is 6.02. The van der Waals surface area contributed by atoms with Crippen molar-refractivity contribution in [3.8, 4) is 6.07 Å². The van der Waals surface area contributed by atoms with E-state index in [2.05, 4.69) is 27.0 Å². The number of nitrogens with zero attached hydrogens (tertiary/aromatic N) is 3. The van der Waals surface area contributed by atoms with Gasteiger partial charge in [0.05, 0.1) is 6.07 Å². The summed E-state index contributed by atoms with van der Waals surface area (Å²) in [5.74, 6) is -0.157. The summed E-state index contributed by atoms with van der Waals surface area (Å²) in [6.07, 6.45) is 5.82. The summed E-state index contributed by atoms with van der Waals surface area (Å²) in [5.41, 5.74) is 0.389. The molecular formula is C13H14BrN3O. The zero-order chi connectivity index (χ0) is 13.0. The van der Waals surface area contributed by atoms with Gasteiger partial charge in [-0.2, -0.15) is 5.26 Å². The molecule has 0 radical (unpaired) electrons. The van der Waals surface area contributed by atoms with E-state index in [4.69, 9.17) is 5.26 Å². The van der Waals surface area contributed by atoms with Gasteiger partial charge in [0, 0.05) is 16.7 Å². The molecule has 0 saturated heterocycles. The number of carbonyl (C=O) groups excluding carboxylic acids is 1. The van der Waals surface area contributed by atoms with Crippen LogP contribution in [0, 0.1) is 11.3 Å². The van der Waals surface area contributed by atoms with Gasteiger partial charge in [0.25, 0.3) is 5.91 Å². The Morgan fingerprint density at radius 2 is 2.28 bits per heavy atom. The number of pyridine rings is 1. The minimum atomic E-state index is -0.157. The summed E-state index contributed by atoms with van der Waals surface area (Å²) < 4.78 is 0.677. The van der Waals surface area contributed by atoms with E-state index in [1.165, 1.54) is 0 Å². The van der Waals surface area contributed by atoms with Crippen molar-refractivity contribution in [3.05, 3.63) is 28.5 Å². The van der Waals surface area contributed by atoms with E-state index >= 15 is 0 Å². The highest BCUT2D eigenvalue weighted by Gasteiger charge is 2.28. The predicted molar refractivity (Wildman–Crippen MR) is 70.8 cm³/mol. The number of amides is 1. The van der Waals surface area contributed by atoms with Gasteiger partial charge in [0.1, 0.15) is 12.2 Å². The molecule has 0 unspecified atom stereocenters. The molecule has 1 saturated carbocycles. The first-order valence-corrected chi connectivity index (χ1v) is 6.81. The van der Waals surface area contributed by atoms with Crippen molar-refractivity contribution >= 4 is 21.8 Å². The van der Waals surface area contributed by atoms with Crippen LogP contribution in [0.4, 0.5) is 0 Å². The number of halogens is 1. The fraction of sp³-hybridized carbons (Fsp3) is 0.462. The van der Waals surface area contributed by atoms with E-state index in [9.17, 15) is 4.79 Å². The van der Waals surface area contributed by atoms with E-state index in [1.807, 2.05) is 0 Å². The highest BCUT2D eigenvalue weighted by Crippen LogP contribution is 2.25. The normalized spacial score (nSPS) is 15.3. The van der Waals surface area contributed by atoms with Crippen LogP contribution < -0.4 is 0 Å². The molecule has 1 fully saturated rings. The average molecular weight is 308 g/mol.